The number of hydrogen-bond acceptors (Lipinski definition) is 4. The Morgan fingerprint density at radius 1 is 0.537 bits per heavy atom. The molecule has 5 aromatic carbocycles. The maximum atomic E-state index is 4.83. The highest BCUT2D eigenvalue weighted by atomic mass is 32.1. The van der Waals surface area contributed by atoms with Crippen molar-refractivity contribution in [2.24, 2.45) is 0 Å². The first-order valence-corrected chi connectivity index (χ1v) is 14.6. The zero-order valence-corrected chi connectivity index (χ0v) is 23.0. The lowest BCUT2D eigenvalue weighted by atomic mass is 9.62. The highest BCUT2D eigenvalue weighted by molar-refractivity contribution is 7.21. The van der Waals surface area contributed by atoms with Gasteiger partial charge in [-0.1, -0.05) is 108 Å². The van der Waals surface area contributed by atoms with Gasteiger partial charge in [-0.3, -0.25) is 0 Å². The Bertz CT molecular complexity index is 1870. The molecule has 0 spiro atoms. The Kier molecular flexibility index (Phi) is 5.54. The molecule has 194 valence electrons. The van der Waals surface area contributed by atoms with E-state index in [-0.39, 0.29) is 0 Å². The molecule has 41 heavy (non-hydrogen) atoms. The number of benzene rings is 5. The first-order chi connectivity index (χ1) is 20.3. The third-order valence-electron chi connectivity index (χ3n) is 8.05. The molecule has 2 aromatic heterocycles. The predicted molar refractivity (Wildman–Crippen MR) is 169 cm³/mol. The predicted octanol–water partition coefficient (Wildman–Crippen LogP) is 9.52. The van der Waals surface area contributed by atoms with E-state index in [1.165, 1.54) is 33.6 Å². The minimum absolute atomic E-state index is 0.458. The molecule has 3 nitrogen and oxygen atoms in total. The first kappa shape index (κ1) is 23.8. The highest BCUT2D eigenvalue weighted by Gasteiger charge is 2.46. The van der Waals surface area contributed by atoms with Gasteiger partial charge < -0.3 is 4.90 Å². The third-order valence-corrected chi connectivity index (χ3v) is 9.08. The van der Waals surface area contributed by atoms with Gasteiger partial charge in [0, 0.05) is 17.4 Å². The van der Waals surface area contributed by atoms with Gasteiger partial charge in [0.05, 0.1) is 16.8 Å². The summed E-state index contributed by atoms with van der Waals surface area (Å²) in [5.41, 5.74) is 10.1. The summed E-state index contributed by atoms with van der Waals surface area (Å²) in [5, 5.41) is 0.983. The van der Waals surface area contributed by atoms with E-state index in [0.29, 0.717) is 0 Å². The van der Waals surface area contributed by atoms with Gasteiger partial charge in [-0.05, 0) is 70.8 Å². The molecule has 0 unspecified atom stereocenters. The van der Waals surface area contributed by atoms with E-state index in [9.17, 15) is 0 Å². The quantitative estimate of drug-likeness (QED) is 0.221. The largest absolute Gasteiger partial charge is 0.310 e. The SMILES string of the molecule is c1ccc(C2(c3ccccc3)c3ccccc3N(c3ccc(-c4nc5cccnc5s4)cc3)c3ccccc32)cc1. The van der Waals surface area contributed by atoms with Crippen LogP contribution in [0.4, 0.5) is 17.1 Å². The number of para-hydroxylation sites is 2. The molecule has 0 saturated heterocycles. The maximum Gasteiger partial charge on any atom is 0.143 e. The van der Waals surface area contributed by atoms with E-state index in [4.69, 9.17) is 4.98 Å². The second kappa shape index (κ2) is 9.54. The van der Waals surface area contributed by atoms with E-state index < -0.39 is 5.41 Å². The van der Waals surface area contributed by atoms with Crippen LogP contribution in [0.15, 0.2) is 152 Å². The second-order valence-electron chi connectivity index (χ2n) is 10.2. The number of thiazole rings is 1. The molecule has 4 heteroatoms. The van der Waals surface area contributed by atoms with Gasteiger partial charge in [-0.25, -0.2) is 9.97 Å². The summed E-state index contributed by atoms with van der Waals surface area (Å²) in [4.78, 5) is 12.7. The van der Waals surface area contributed by atoms with Crippen LogP contribution in [0.3, 0.4) is 0 Å². The number of pyridine rings is 1. The standard InChI is InChI=1S/C37H25N3S/c1-3-12-27(13-4-1)37(28-14-5-2-6-15-28)30-16-7-9-19-33(30)40(34-20-10-8-17-31(34)37)29-23-21-26(22-24-29)35-39-32-18-11-25-38-36(32)41-35/h1-25H. The minimum atomic E-state index is -0.458. The molecule has 1 aliphatic rings. The molecule has 0 amide bonds. The van der Waals surface area contributed by atoms with Gasteiger partial charge in [-0.2, -0.15) is 0 Å². The second-order valence-corrected chi connectivity index (χ2v) is 11.2. The fourth-order valence-electron chi connectivity index (χ4n) is 6.34. The van der Waals surface area contributed by atoms with Gasteiger partial charge in [-0.15, -0.1) is 0 Å². The minimum Gasteiger partial charge on any atom is -0.310 e. The van der Waals surface area contributed by atoms with E-state index in [2.05, 4.69) is 143 Å². The lowest BCUT2D eigenvalue weighted by Crippen LogP contribution is -2.37. The van der Waals surface area contributed by atoms with Crippen molar-refractivity contribution >= 4 is 38.7 Å². The zero-order chi connectivity index (χ0) is 27.2. The fraction of sp³-hybridized carbons (Fsp3) is 0.0270. The van der Waals surface area contributed by atoms with E-state index in [0.717, 1.165) is 26.6 Å². The Morgan fingerprint density at radius 2 is 1.10 bits per heavy atom. The van der Waals surface area contributed by atoms with Crippen LogP contribution in [-0.2, 0) is 5.41 Å². The normalized spacial score (nSPS) is 13.5. The molecule has 7 aromatic rings. The van der Waals surface area contributed by atoms with Crippen LogP contribution >= 0.6 is 11.3 Å². The highest BCUT2D eigenvalue weighted by Crippen LogP contribution is 2.57. The molecule has 1 aliphatic heterocycles. The summed E-state index contributed by atoms with van der Waals surface area (Å²) < 4.78 is 0. The van der Waals surface area contributed by atoms with Crippen molar-refractivity contribution in [2.45, 2.75) is 5.41 Å². The average molecular weight is 544 g/mol. The summed E-state index contributed by atoms with van der Waals surface area (Å²) in [7, 11) is 0. The molecule has 0 N–H and O–H groups in total. The molecule has 0 fully saturated rings. The average Bonchev–Trinajstić information content (AvgIpc) is 3.49. The van der Waals surface area contributed by atoms with Crippen LogP contribution in [0, 0.1) is 0 Å². The number of aromatic nitrogens is 2. The van der Waals surface area contributed by atoms with Crippen LogP contribution < -0.4 is 4.90 Å². The van der Waals surface area contributed by atoms with E-state index in [1.807, 2.05) is 18.3 Å². The molecule has 0 aliphatic carbocycles. The molecule has 0 radical (unpaired) electrons. The van der Waals surface area contributed by atoms with Gasteiger partial charge in [0.15, 0.2) is 0 Å². The smallest absolute Gasteiger partial charge is 0.143 e. The van der Waals surface area contributed by atoms with Crippen LogP contribution in [0.25, 0.3) is 20.9 Å². The summed E-state index contributed by atoms with van der Waals surface area (Å²) in [6.45, 7) is 0. The summed E-state index contributed by atoms with van der Waals surface area (Å²) in [6.07, 6.45) is 1.82. The Balaban J connectivity index is 1.34. The van der Waals surface area contributed by atoms with Crippen LogP contribution in [0.1, 0.15) is 22.3 Å². The molecule has 3 heterocycles. The molecule has 0 saturated carbocycles. The zero-order valence-electron chi connectivity index (χ0n) is 22.2. The van der Waals surface area contributed by atoms with Crippen molar-refractivity contribution in [1.82, 2.24) is 9.97 Å². The van der Waals surface area contributed by atoms with Crippen LogP contribution in [0.2, 0.25) is 0 Å². The van der Waals surface area contributed by atoms with E-state index >= 15 is 0 Å². The van der Waals surface area contributed by atoms with Gasteiger partial charge >= 0.3 is 0 Å². The van der Waals surface area contributed by atoms with Crippen molar-refractivity contribution < 1.29 is 0 Å². The van der Waals surface area contributed by atoms with Gasteiger partial charge in [0.2, 0.25) is 0 Å². The number of rotatable bonds is 4. The molecule has 8 rings (SSSR count). The lowest BCUT2D eigenvalue weighted by Gasteiger charge is -2.46. The topological polar surface area (TPSA) is 29.0 Å². The summed E-state index contributed by atoms with van der Waals surface area (Å²) in [5.74, 6) is 0. The molecule has 0 atom stereocenters. The van der Waals surface area contributed by atoms with Crippen LogP contribution in [0.5, 0.6) is 0 Å². The van der Waals surface area contributed by atoms with Gasteiger partial charge in [0.1, 0.15) is 15.4 Å². The number of anilines is 3. The Hall–Kier alpha value is -5.06. The van der Waals surface area contributed by atoms with Crippen molar-refractivity contribution in [3.05, 3.63) is 174 Å². The fourth-order valence-corrected chi connectivity index (χ4v) is 7.25. The summed E-state index contributed by atoms with van der Waals surface area (Å²) in [6, 6.07) is 52.2. The maximum absolute atomic E-state index is 4.83. The number of fused-ring (bicyclic) bond motifs is 3. The van der Waals surface area contributed by atoms with Crippen LogP contribution in [-0.4, -0.2) is 9.97 Å². The van der Waals surface area contributed by atoms with Gasteiger partial charge in [0.25, 0.3) is 0 Å². The molecule has 0 bridgehead atoms. The number of nitrogens with zero attached hydrogens (tertiary/aromatic N) is 3. The van der Waals surface area contributed by atoms with Crippen molar-refractivity contribution in [3.8, 4) is 10.6 Å². The first-order valence-electron chi connectivity index (χ1n) is 13.8. The molecular weight excluding hydrogens is 518 g/mol. The Morgan fingerprint density at radius 3 is 1.68 bits per heavy atom. The monoisotopic (exact) mass is 543 g/mol. The molecular formula is C37H25N3S. The van der Waals surface area contributed by atoms with E-state index in [1.54, 1.807) is 11.3 Å². The number of hydrogen-bond donors (Lipinski definition) is 0. The summed E-state index contributed by atoms with van der Waals surface area (Å²) >= 11 is 1.63. The van der Waals surface area contributed by atoms with Crippen molar-refractivity contribution in [1.29, 1.82) is 0 Å². The Labute approximate surface area is 243 Å². The van der Waals surface area contributed by atoms with Crippen molar-refractivity contribution in [3.63, 3.8) is 0 Å². The lowest BCUT2D eigenvalue weighted by molar-refractivity contribution is 0.731. The third kappa shape index (κ3) is 3.65. The van der Waals surface area contributed by atoms with Crippen molar-refractivity contribution in [2.75, 3.05) is 4.90 Å².